The van der Waals surface area contributed by atoms with Crippen LogP contribution in [0.25, 0.3) is 44.4 Å². The fourth-order valence-electron chi connectivity index (χ4n) is 5.11. The quantitative estimate of drug-likeness (QED) is 0.183. The summed E-state index contributed by atoms with van der Waals surface area (Å²) in [6, 6.07) is 19.6. The van der Waals surface area contributed by atoms with Crippen LogP contribution in [0.15, 0.2) is 73.2 Å². The van der Waals surface area contributed by atoms with Crippen molar-refractivity contribution in [2.45, 2.75) is 26.7 Å². The van der Waals surface area contributed by atoms with E-state index in [-0.39, 0.29) is 6.61 Å². The van der Waals surface area contributed by atoms with Crippen LogP contribution >= 0.6 is 11.6 Å². The number of pyridine rings is 1. The molecular formula is C32H32ClN3O4. The highest BCUT2D eigenvalue weighted by Crippen LogP contribution is 2.47. The summed E-state index contributed by atoms with van der Waals surface area (Å²) < 4.78 is 19.4. The first-order valence-corrected chi connectivity index (χ1v) is 13.6. The van der Waals surface area contributed by atoms with E-state index in [4.69, 9.17) is 30.8 Å². The van der Waals surface area contributed by atoms with Crippen molar-refractivity contribution in [3.05, 3.63) is 89.3 Å². The van der Waals surface area contributed by atoms with Crippen LogP contribution in [0.5, 0.6) is 5.88 Å². The van der Waals surface area contributed by atoms with E-state index in [0.29, 0.717) is 24.1 Å². The molecule has 0 radical (unpaired) electrons. The number of benzene rings is 3. The molecule has 0 unspecified atom stereocenters. The van der Waals surface area contributed by atoms with E-state index in [0.717, 1.165) is 55.5 Å². The first kappa shape index (κ1) is 27.8. The Morgan fingerprint density at radius 3 is 2.27 bits per heavy atom. The van der Waals surface area contributed by atoms with Gasteiger partial charge in [0.15, 0.2) is 6.29 Å². The molecule has 0 saturated carbocycles. The SMILES string of the molecule is CCOC(OCC)c1ccc(-c2c(CO)ccc3nc(OC)c(-c4cncn4C)c(-c4cccc(Cl)c4)c23)cc1. The van der Waals surface area contributed by atoms with E-state index in [2.05, 4.69) is 4.98 Å². The average molecular weight is 558 g/mol. The van der Waals surface area contributed by atoms with E-state index >= 15 is 0 Å². The lowest BCUT2D eigenvalue weighted by Gasteiger charge is -2.21. The minimum atomic E-state index is -0.446. The van der Waals surface area contributed by atoms with Crippen LogP contribution in [-0.4, -0.2) is 40.0 Å². The zero-order valence-electron chi connectivity index (χ0n) is 23.0. The summed E-state index contributed by atoms with van der Waals surface area (Å²) in [6.45, 7) is 4.83. The predicted octanol–water partition coefficient (Wildman–Crippen LogP) is 7.20. The highest BCUT2D eigenvalue weighted by Gasteiger charge is 2.25. The van der Waals surface area contributed by atoms with E-state index in [1.165, 1.54) is 0 Å². The van der Waals surface area contributed by atoms with Gasteiger partial charge in [0.2, 0.25) is 5.88 Å². The lowest BCUT2D eigenvalue weighted by molar-refractivity contribution is -0.140. The Hall–Kier alpha value is -3.75. The number of imidazole rings is 1. The third kappa shape index (κ3) is 5.21. The molecule has 2 heterocycles. The van der Waals surface area contributed by atoms with E-state index < -0.39 is 6.29 Å². The molecule has 2 aromatic heterocycles. The van der Waals surface area contributed by atoms with Gasteiger partial charge in [-0.05, 0) is 54.3 Å². The second-order valence-electron chi connectivity index (χ2n) is 9.29. The van der Waals surface area contributed by atoms with Crippen molar-refractivity contribution in [1.82, 2.24) is 14.5 Å². The maximum atomic E-state index is 10.5. The average Bonchev–Trinajstić information content (AvgIpc) is 3.40. The van der Waals surface area contributed by atoms with Crippen molar-refractivity contribution in [3.8, 4) is 39.4 Å². The van der Waals surface area contributed by atoms with E-state index in [1.54, 1.807) is 19.6 Å². The Balaban J connectivity index is 1.87. The van der Waals surface area contributed by atoms with E-state index in [1.807, 2.05) is 86.1 Å². The molecule has 8 heteroatoms. The molecule has 40 heavy (non-hydrogen) atoms. The van der Waals surface area contributed by atoms with Crippen LogP contribution in [-0.2, 0) is 23.1 Å². The van der Waals surface area contributed by atoms with Crippen LogP contribution in [0.2, 0.25) is 5.02 Å². The minimum absolute atomic E-state index is 0.143. The zero-order valence-corrected chi connectivity index (χ0v) is 23.8. The maximum absolute atomic E-state index is 10.5. The summed E-state index contributed by atoms with van der Waals surface area (Å²) in [4.78, 5) is 9.30. The third-order valence-corrected chi connectivity index (χ3v) is 7.10. The summed E-state index contributed by atoms with van der Waals surface area (Å²) in [5, 5.41) is 12.0. The number of aromatic nitrogens is 3. The lowest BCUT2D eigenvalue weighted by atomic mass is 9.87. The number of fused-ring (bicyclic) bond motifs is 1. The van der Waals surface area contributed by atoms with Crippen molar-refractivity contribution in [2.75, 3.05) is 20.3 Å². The molecule has 0 spiro atoms. The summed E-state index contributed by atoms with van der Waals surface area (Å²) in [5.41, 5.74) is 7.66. The van der Waals surface area contributed by atoms with Crippen molar-refractivity contribution in [3.63, 3.8) is 0 Å². The molecule has 1 N–H and O–H groups in total. The Morgan fingerprint density at radius 2 is 1.68 bits per heavy atom. The molecule has 0 aliphatic carbocycles. The second-order valence-corrected chi connectivity index (χ2v) is 9.72. The zero-order chi connectivity index (χ0) is 28.2. The fourth-order valence-corrected chi connectivity index (χ4v) is 5.30. The normalized spacial score (nSPS) is 11.5. The molecular weight excluding hydrogens is 526 g/mol. The van der Waals surface area contributed by atoms with Gasteiger partial charge in [-0.2, -0.15) is 0 Å². The molecule has 206 valence electrons. The topological polar surface area (TPSA) is 78.6 Å². The van der Waals surface area contributed by atoms with Gasteiger partial charge in [0.05, 0.1) is 43.0 Å². The molecule has 3 aromatic carbocycles. The number of nitrogens with zero attached hydrogens (tertiary/aromatic N) is 3. The van der Waals surface area contributed by atoms with Gasteiger partial charge < -0.3 is 23.9 Å². The summed E-state index contributed by atoms with van der Waals surface area (Å²) >= 11 is 6.51. The third-order valence-electron chi connectivity index (χ3n) is 6.86. The maximum Gasteiger partial charge on any atom is 0.223 e. The molecule has 0 fully saturated rings. The van der Waals surface area contributed by atoms with Gasteiger partial charge in [-0.3, -0.25) is 0 Å². The van der Waals surface area contributed by atoms with Gasteiger partial charge >= 0.3 is 0 Å². The number of halogens is 1. The van der Waals surface area contributed by atoms with Crippen LogP contribution in [0.4, 0.5) is 0 Å². The Bertz CT molecular complexity index is 1630. The number of aryl methyl sites for hydroxylation is 1. The molecule has 7 nitrogen and oxygen atoms in total. The molecule has 0 aliphatic rings. The number of aliphatic hydroxyl groups excluding tert-OH is 1. The fraction of sp³-hybridized carbons (Fsp3) is 0.250. The number of ether oxygens (including phenoxy) is 3. The molecule has 0 amide bonds. The Kier molecular flexibility index (Phi) is 8.47. The number of rotatable bonds is 10. The second kappa shape index (κ2) is 12.2. The molecule has 0 aliphatic heterocycles. The molecule has 0 saturated heterocycles. The van der Waals surface area contributed by atoms with Crippen molar-refractivity contribution in [1.29, 1.82) is 0 Å². The molecule has 0 bridgehead atoms. The largest absolute Gasteiger partial charge is 0.480 e. The molecule has 5 rings (SSSR count). The van der Waals surface area contributed by atoms with Gasteiger partial charge in [-0.25, -0.2) is 9.97 Å². The minimum Gasteiger partial charge on any atom is -0.480 e. The summed E-state index contributed by atoms with van der Waals surface area (Å²) in [5.74, 6) is 0.473. The number of hydrogen-bond donors (Lipinski definition) is 1. The Morgan fingerprint density at radius 1 is 0.925 bits per heavy atom. The summed E-state index contributed by atoms with van der Waals surface area (Å²) in [6.07, 6.45) is 3.10. The van der Waals surface area contributed by atoms with Gasteiger partial charge in [-0.1, -0.05) is 54.1 Å². The Labute approximate surface area is 239 Å². The first-order chi connectivity index (χ1) is 19.5. The van der Waals surface area contributed by atoms with Gasteiger partial charge in [-0.15, -0.1) is 0 Å². The van der Waals surface area contributed by atoms with Crippen molar-refractivity contribution < 1.29 is 19.3 Å². The first-order valence-electron chi connectivity index (χ1n) is 13.2. The van der Waals surface area contributed by atoms with Crippen molar-refractivity contribution >= 4 is 22.5 Å². The predicted molar refractivity (Wildman–Crippen MR) is 158 cm³/mol. The number of aliphatic hydroxyl groups is 1. The van der Waals surface area contributed by atoms with Gasteiger partial charge in [0.1, 0.15) is 0 Å². The summed E-state index contributed by atoms with van der Waals surface area (Å²) in [7, 11) is 3.55. The molecule has 0 atom stereocenters. The van der Waals surface area contributed by atoms with Gasteiger partial charge in [0, 0.05) is 41.8 Å². The monoisotopic (exact) mass is 557 g/mol. The standard InChI is InChI=1S/C32H32ClN3O4/c1-5-39-32(40-6-2)21-12-10-20(11-13-21)27-23(18-37)14-15-25-29(27)28(22-8-7-9-24(33)16-22)30(31(35-25)38-4)26-17-34-19-36(26)3/h7-17,19,32,37H,5-6,18H2,1-4H3. The lowest BCUT2D eigenvalue weighted by Crippen LogP contribution is -2.08. The van der Waals surface area contributed by atoms with Crippen LogP contribution in [0.1, 0.15) is 31.3 Å². The number of methoxy groups -OCH3 is 1. The van der Waals surface area contributed by atoms with E-state index in [9.17, 15) is 5.11 Å². The smallest absolute Gasteiger partial charge is 0.223 e. The van der Waals surface area contributed by atoms with Crippen molar-refractivity contribution in [2.24, 2.45) is 7.05 Å². The van der Waals surface area contributed by atoms with Gasteiger partial charge in [0.25, 0.3) is 0 Å². The highest BCUT2D eigenvalue weighted by atomic mass is 35.5. The van der Waals surface area contributed by atoms with Crippen LogP contribution < -0.4 is 4.74 Å². The number of hydrogen-bond acceptors (Lipinski definition) is 6. The highest BCUT2D eigenvalue weighted by molar-refractivity contribution is 6.31. The van der Waals surface area contributed by atoms with Crippen LogP contribution in [0.3, 0.4) is 0 Å². The van der Waals surface area contributed by atoms with Crippen LogP contribution in [0, 0.1) is 0 Å². The molecule has 5 aromatic rings.